The SMILES string of the molecule is Cc1c(C#N)c(-c2c(F)ccc(F)c2F)nc2[nH]nc(-c3ccc(N4CCNCC4)cc3)c12. The molecule has 2 aromatic heterocycles. The normalized spacial score (nSPS) is 14.0. The molecule has 0 radical (unpaired) electrons. The average Bonchev–Trinajstić information content (AvgIpc) is 3.27. The lowest BCUT2D eigenvalue weighted by Gasteiger charge is -2.29. The third-order valence-corrected chi connectivity index (χ3v) is 5.97. The first-order valence-corrected chi connectivity index (χ1v) is 10.5. The maximum atomic E-state index is 14.5. The van der Waals surface area contributed by atoms with Gasteiger partial charge >= 0.3 is 0 Å². The number of anilines is 1. The quantitative estimate of drug-likeness (QED) is 0.457. The number of aromatic nitrogens is 3. The van der Waals surface area contributed by atoms with Gasteiger partial charge in [-0.25, -0.2) is 18.2 Å². The number of fused-ring (bicyclic) bond motifs is 1. The highest BCUT2D eigenvalue weighted by Crippen LogP contribution is 2.36. The molecule has 0 amide bonds. The van der Waals surface area contributed by atoms with E-state index in [9.17, 15) is 18.4 Å². The zero-order valence-corrected chi connectivity index (χ0v) is 17.7. The van der Waals surface area contributed by atoms with Crippen molar-refractivity contribution >= 4 is 16.7 Å². The summed E-state index contributed by atoms with van der Waals surface area (Å²) in [5, 5.41) is 20.8. The standard InChI is InChI=1S/C24H19F3N6/c1-13-16(12-28)23(20-17(25)6-7-18(26)21(20)27)30-24-19(13)22(31-32-24)14-2-4-15(5-3-14)33-10-8-29-9-11-33/h2-7,29H,8-11H2,1H3,(H,30,31,32). The molecule has 1 saturated heterocycles. The molecule has 0 atom stereocenters. The van der Waals surface area contributed by atoms with Gasteiger partial charge in [0.1, 0.15) is 17.6 Å². The van der Waals surface area contributed by atoms with Crippen LogP contribution < -0.4 is 10.2 Å². The maximum absolute atomic E-state index is 14.5. The number of nitriles is 1. The van der Waals surface area contributed by atoms with Gasteiger partial charge in [0.25, 0.3) is 0 Å². The topological polar surface area (TPSA) is 80.6 Å². The van der Waals surface area contributed by atoms with Crippen LogP contribution in [-0.4, -0.2) is 41.4 Å². The van der Waals surface area contributed by atoms with Crippen LogP contribution in [0.3, 0.4) is 0 Å². The lowest BCUT2D eigenvalue weighted by Crippen LogP contribution is -2.43. The Kier molecular flexibility index (Phi) is 5.23. The summed E-state index contributed by atoms with van der Waals surface area (Å²) in [5.74, 6) is -3.61. The molecule has 0 spiro atoms. The van der Waals surface area contributed by atoms with Crippen LogP contribution in [-0.2, 0) is 0 Å². The van der Waals surface area contributed by atoms with Crippen molar-refractivity contribution in [3.63, 3.8) is 0 Å². The van der Waals surface area contributed by atoms with Gasteiger partial charge in [-0.3, -0.25) is 5.10 Å². The zero-order valence-electron chi connectivity index (χ0n) is 17.7. The molecule has 9 heteroatoms. The number of benzene rings is 2. The predicted molar refractivity (Wildman–Crippen MR) is 119 cm³/mol. The van der Waals surface area contributed by atoms with E-state index in [2.05, 4.69) is 25.4 Å². The molecule has 0 aliphatic carbocycles. The van der Waals surface area contributed by atoms with Crippen LogP contribution in [0.15, 0.2) is 36.4 Å². The van der Waals surface area contributed by atoms with E-state index in [0.717, 1.165) is 43.5 Å². The second kappa shape index (κ2) is 8.22. The molecule has 0 saturated carbocycles. The highest BCUT2D eigenvalue weighted by Gasteiger charge is 2.25. The molecule has 4 aromatic rings. The Morgan fingerprint density at radius 2 is 1.67 bits per heavy atom. The van der Waals surface area contributed by atoms with Crippen LogP contribution in [0, 0.1) is 35.7 Å². The number of rotatable bonds is 3. The highest BCUT2D eigenvalue weighted by molar-refractivity contribution is 5.97. The van der Waals surface area contributed by atoms with Gasteiger partial charge in [-0.2, -0.15) is 10.4 Å². The molecule has 0 unspecified atom stereocenters. The molecule has 1 aliphatic rings. The van der Waals surface area contributed by atoms with E-state index in [-0.39, 0.29) is 16.9 Å². The number of piperazine rings is 1. The van der Waals surface area contributed by atoms with Crippen LogP contribution in [0.2, 0.25) is 0 Å². The van der Waals surface area contributed by atoms with E-state index in [1.807, 2.05) is 30.3 Å². The van der Waals surface area contributed by atoms with E-state index < -0.39 is 23.0 Å². The monoisotopic (exact) mass is 448 g/mol. The van der Waals surface area contributed by atoms with Gasteiger partial charge in [0.15, 0.2) is 17.3 Å². The van der Waals surface area contributed by atoms with Crippen molar-refractivity contribution in [3.8, 4) is 28.6 Å². The minimum absolute atomic E-state index is 0.0361. The van der Waals surface area contributed by atoms with Gasteiger partial charge in [0.05, 0.1) is 22.2 Å². The summed E-state index contributed by atoms with van der Waals surface area (Å²) in [6.07, 6.45) is 0. The van der Waals surface area contributed by atoms with Crippen LogP contribution in [0.5, 0.6) is 0 Å². The van der Waals surface area contributed by atoms with Crippen LogP contribution >= 0.6 is 0 Å². The predicted octanol–water partition coefficient (Wildman–Crippen LogP) is 4.30. The minimum Gasteiger partial charge on any atom is -0.369 e. The summed E-state index contributed by atoms with van der Waals surface area (Å²) < 4.78 is 42.7. The van der Waals surface area contributed by atoms with Gasteiger partial charge in [0, 0.05) is 37.4 Å². The lowest BCUT2D eigenvalue weighted by atomic mass is 9.97. The van der Waals surface area contributed by atoms with Crippen LogP contribution in [0.4, 0.5) is 18.9 Å². The molecule has 5 rings (SSSR count). The Morgan fingerprint density at radius 1 is 0.970 bits per heavy atom. The molecule has 2 N–H and O–H groups in total. The van der Waals surface area contributed by atoms with Crippen molar-refractivity contribution in [2.75, 3.05) is 31.1 Å². The molecular weight excluding hydrogens is 429 g/mol. The molecule has 3 heterocycles. The molecule has 6 nitrogen and oxygen atoms in total. The smallest absolute Gasteiger partial charge is 0.171 e. The van der Waals surface area contributed by atoms with Gasteiger partial charge in [0.2, 0.25) is 0 Å². The molecule has 33 heavy (non-hydrogen) atoms. The Bertz CT molecular complexity index is 1400. The summed E-state index contributed by atoms with van der Waals surface area (Å²) in [6.45, 7) is 5.38. The van der Waals surface area contributed by atoms with Crippen LogP contribution in [0.25, 0.3) is 33.5 Å². The molecule has 1 aliphatic heterocycles. The summed E-state index contributed by atoms with van der Waals surface area (Å²) in [6, 6.07) is 11.4. The Balaban J connectivity index is 1.63. The number of hydrogen-bond acceptors (Lipinski definition) is 5. The fourth-order valence-corrected chi connectivity index (χ4v) is 4.26. The first-order chi connectivity index (χ1) is 16.0. The Morgan fingerprint density at radius 3 is 2.36 bits per heavy atom. The highest BCUT2D eigenvalue weighted by atomic mass is 19.2. The third kappa shape index (κ3) is 3.49. The Labute approximate surface area is 187 Å². The van der Waals surface area contributed by atoms with E-state index in [0.29, 0.717) is 22.7 Å². The Hall–Kier alpha value is -3.90. The molecule has 1 fully saturated rings. The lowest BCUT2D eigenvalue weighted by molar-refractivity contribution is 0.498. The van der Waals surface area contributed by atoms with Crippen molar-refractivity contribution in [3.05, 3.63) is 65.0 Å². The van der Waals surface area contributed by atoms with E-state index in [1.54, 1.807) is 6.92 Å². The second-order valence-electron chi connectivity index (χ2n) is 7.87. The number of nitrogens with zero attached hydrogens (tertiary/aromatic N) is 4. The fourth-order valence-electron chi connectivity index (χ4n) is 4.26. The third-order valence-electron chi connectivity index (χ3n) is 5.97. The van der Waals surface area contributed by atoms with Gasteiger partial charge in [-0.1, -0.05) is 12.1 Å². The van der Waals surface area contributed by atoms with Crippen molar-refractivity contribution in [2.45, 2.75) is 6.92 Å². The first kappa shape index (κ1) is 21.0. The first-order valence-electron chi connectivity index (χ1n) is 10.5. The van der Waals surface area contributed by atoms with E-state index in [1.165, 1.54) is 0 Å². The molecular formula is C24H19F3N6. The van der Waals surface area contributed by atoms with Gasteiger partial charge in [-0.15, -0.1) is 0 Å². The van der Waals surface area contributed by atoms with Gasteiger partial charge < -0.3 is 10.2 Å². The number of halogens is 3. The number of H-pyrrole nitrogens is 1. The van der Waals surface area contributed by atoms with Crippen molar-refractivity contribution in [1.82, 2.24) is 20.5 Å². The summed E-state index contributed by atoms with van der Waals surface area (Å²) in [5.41, 5.74) is 2.23. The zero-order chi connectivity index (χ0) is 23.1. The van der Waals surface area contributed by atoms with E-state index in [4.69, 9.17) is 0 Å². The summed E-state index contributed by atoms with van der Waals surface area (Å²) in [4.78, 5) is 6.56. The second-order valence-corrected chi connectivity index (χ2v) is 7.87. The van der Waals surface area contributed by atoms with Crippen molar-refractivity contribution in [2.24, 2.45) is 0 Å². The number of aryl methyl sites for hydroxylation is 1. The van der Waals surface area contributed by atoms with Crippen molar-refractivity contribution < 1.29 is 13.2 Å². The van der Waals surface area contributed by atoms with Gasteiger partial charge in [-0.05, 0) is 36.8 Å². The molecule has 2 aromatic carbocycles. The number of pyridine rings is 1. The number of hydrogen-bond donors (Lipinski definition) is 2. The molecule has 0 bridgehead atoms. The number of aromatic amines is 1. The van der Waals surface area contributed by atoms with E-state index >= 15 is 0 Å². The van der Waals surface area contributed by atoms with Crippen LogP contribution in [0.1, 0.15) is 11.1 Å². The fraction of sp³-hybridized carbons (Fsp3) is 0.208. The minimum atomic E-state index is -1.39. The molecule has 166 valence electrons. The largest absolute Gasteiger partial charge is 0.369 e. The van der Waals surface area contributed by atoms with Crippen molar-refractivity contribution in [1.29, 1.82) is 5.26 Å². The summed E-state index contributed by atoms with van der Waals surface area (Å²) in [7, 11) is 0. The average molecular weight is 448 g/mol. The maximum Gasteiger partial charge on any atom is 0.171 e. The summed E-state index contributed by atoms with van der Waals surface area (Å²) >= 11 is 0. The number of nitrogens with one attached hydrogen (secondary N) is 2.